The van der Waals surface area contributed by atoms with Crippen LogP contribution >= 0.6 is 0 Å². The second kappa shape index (κ2) is 4.33. The van der Waals surface area contributed by atoms with E-state index >= 15 is 0 Å². The first-order chi connectivity index (χ1) is 6.88. The molecule has 1 aromatic carbocycles. The van der Waals surface area contributed by atoms with Crippen molar-refractivity contribution in [1.29, 1.82) is 0 Å². The molecule has 0 aliphatic rings. The first kappa shape index (κ1) is 12.2. The minimum Gasteiger partial charge on any atom is -0.395 e. The SMILES string of the molecule is Cc1cc(C)c(S(=O)(=O)CCO)c(C)c1. The number of benzene rings is 1. The predicted molar refractivity (Wildman–Crippen MR) is 59.8 cm³/mol. The number of hydrogen-bond acceptors (Lipinski definition) is 3. The van der Waals surface area contributed by atoms with Crippen molar-refractivity contribution in [1.82, 2.24) is 0 Å². The van der Waals surface area contributed by atoms with E-state index in [2.05, 4.69) is 0 Å². The molecule has 3 nitrogen and oxygen atoms in total. The van der Waals surface area contributed by atoms with Gasteiger partial charge in [0.25, 0.3) is 0 Å². The summed E-state index contributed by atoms with van der Waals surface area (Å²) in [6, 6.07) is 3.69. The molecule has 0 aromatic heterocycles. The minimum atomic E-state index is -3.34. The third-order valence-electron chi connectivity index (χ3n) is 2.28. The van der Waals surface area contributed by atoms with Crippen molar-refractivity contribution in [3.05, 3.63) is 28.8 Å². The molecule has 0 saturated heterocycles. The summed E-state index contributed by atoms with van der Waals surface area (Å²) in [7, 11) is -3.34. The van der Waals surface area contributed by atoms with Crippen molar-refractivity contribution in [3.8, 4) is 0 Å². The second-order valence-corrected chi connectivity index (χ2v) is 5.82. The van der Waals surface area contributed by atoms with Gasteiger partial charge in [-0.3, -0.25) is 0 Å². The Morgan fingerprint density at radius 3 is 2.00 bits per heavy atom. The van der Waals surface area contributed by atoms with Gasteiger partial charge in [0.15, 0.2) is 9.84 Å². The average Bonchev–Trinajstić information content (AvgIpc) is 1.99. The summed E-state index contributed by atoms with van der Waals surface area (Å²) >= 11 is 0. The average molecular weight is 228 g/mol. The van der Waals surface area contributed by atoms with Gasteiger partial charge in [-0.2, -0.15) is 0 Å². The Morgan fingerprint density at radius 1 is 1.13 bits per heavy atom. The van der Waals surface area contributed by atoms with Crippen molar-refractivity contribution >= 4 is 9.84 Å². The van der Waals surface area contributed by atoms with Crippen molar-refractivity contribution in [2.45, 2.75) is 25.7 Å². The molecule has 0 atom stereocenters. The Morgan fingerprint density at radius 2 is 1.60 bits per heavy atom. The maximum Gasteiger partial charge on any atom is 0.181 e. The molecule has 0 aliphatic heterocycles. The lowest BCUT2D eigenvalue weighted by Crippen LogP contribution is -2.13. The van der Waals surface area contributed by atoms with Crippen molar-refractivity contribution in [2.24, 2.45) is 0 Å². The Hall–Kier alpha value is -0.870. The van der Waals surface area contributed by atoms with Crippen LogP contribution in [0.1, 0.15) is 16.7 Å². The molecule has 0 heterocycles. The van der Waals surface area contributed by atoms with E-state index in [0.717, 1.165) is 16.7 Å². The van der Waals surface area contributed by atoms with Gasteiger partial charge in [-0.1, -0.05) is 17.7 Å². The molecule has 0 amide bonds. The van der Waals surface area contributed by atoms with Gasteiger partial charge in [0.05, 0.1) is 17.3 Å². The summed E-state index contributed by atoms with van der Waals surface area (Å²) in [5, 5.41) is 8.72. The van der Waals surface area contributed by atoms with E-state index in [4.69, 9.17) is 5.11 Å². The zero-order chi connectivity index (χ0) is 11.6. The van der Waals surface area contributed by atoms with Crippen LogP contribution in [-0.4, -0.2) is 25.9 Å². The molecule has 0 unspecified atom stereocenters. The largest absolute Gasteiger partial charge is 0.395 e. The number of rotatable bonds is 3. The Balaban J connectivity index is 3.38. The standard InChI is InChI=1S/C11H16O3S/c1-8-6-9(2)11(10(3)7-8)15(13,14)5-4-12/h6-7,12H,4-5H2,1-3H3. The van der Waals surface area contributed by atoms with Crippen LogP contribution < -0.4 is 0 Å². The molecule has 0 spiro atoms. The number of sulfone groups is 1. The van der Waals surface area contributed by atoms with Gasteiger partial charge in [0, 0.05) is 0 Å². The van der Waals surface area contributed by atoms with Gasteiger partial charge >= 0.3 is 0 Å². The van der Waals surface area contributed by atoms with Gasteiger partial charge < -0.3 is 5.11 Å². The van der Waals surface area contributed by atoms with Gasteiger partial charge in [0.1, 0.15) is 0 Å². The van der Waals surface area contributed by atoms with Crippen molar-refractivity contribution in [2.75, 3.05) is 12.4 Å². The third kappa shape index (κ3) is 2.58. The molecular formula is C11H16O3S. The highest BCUT2D eigenvalue weighted by molar-refractivity contribution is 7.91. The molecule has 0 fully saturated rings. The van der Waals surface area contributed by atoms with E-state index in [1.807, 2.05) is 19.1 Å². The minimum absolute atomic E-state index is 0.211. The summed E-state index contributed by atoms with van der Waals surface area (Å²) in [5.74, 6) is -0.211. The van der Waals surface area contributed by atoms with Crippen LogP contribution in [0, 0.1) is 20.8 Å². The van der Waals surface area contributed by atoms with Crippen LogP contribution in [0.3, 0.4) is 0 Å². The van der Waals surface area contributed by atoms with Crippen LogP contribution in [0.5, 0.6) is 0 Å². The fourth-order valence-corrected chi connectivity index (χ4v) is 3.42. The molecule has 4 heteroatoms. The molecule has 0 radical (unpaired) electrons. The lowest BCUT2D eigenvalue weighted by Gasteiger charge is -2.11. The maximum absolute atomic E-state index is 11.8. The van der Waals surface area contributed by atoms with E-state index in [0.29, 0.717) is 4.90 Å². The van der Waals surface area contributed by atoms with E-state index in [1.165, 1.54) is 0 Å². The van der Waals surface area contributed by atoms with Gasteiger partial charge in [-0.15, -0.1) is 0 Å². The normalized spacial score (nSPS) is 11.7. The highest BCUT2D eigenvalue weighted by Crippen LogP contribution is 2.22. The fourth-order valence-electron chi connectivity index (χ4n) is 1.88. The molecule has 1 aromatic rings. The van der Waals surface area contributed by atoms with Crippen molar-refractivity contribution in [3.63, 3.8) is 0 Å². The molecule has 0 aliphatic carbocycles. The molecule has 1 rings (SSSR count). The molecule has 1 N–H and O–H groups in total. The molecule has 84 valence electrons. The Labute approximate surface area is 90.7 Å². The van der Waals surface area contributed by atoms with E-state index < -0.39 is 9.84 Å². The van der Waals surface area contributed by atoms with Crippen LogP contribution in [0.4, 0.5) is 0 Å². The summed E-state index contributed by atoms with van der Waals surface area (Å²) < 4.78 is 23.7. The lowest BCUT2D eigenvalue weighted by atomic mass is 10.1. The van der Waals surface area contributed by atoms with Crippen LogP contribution in [-0.2, 0) is 9.84 Å². The van der Waals surface area contributed by atoms with Crippen molar-refractivity contribution < 1.29 is 13.5 Å². The highest BCUT2D eigenvalue weighted by atomic mass is 32.2. The first-order valence-corrected chi connectivity index (χ1v) is 6.45. The van der Waals surface area contributed by atoms with Gasteiger partial charge in [-0.05, 0) is 31.9 Å². The number of aryl methyl sites for hydroxylation is 3. The predicted octanol–water partition coefficient (Wildman–Crippen LogP) is 1.38. The molecular weight excluding hydrogens is 212 g/mol. The summed E-state index contributed by atoms with van der Waals surface area (Å²) in [6.45, 7) is 5.16. The van der Waals surface area contributed by atoms with Gasteiger partial charge in [0.2, 0.25) is 0 Å². The van der Waals surface area contributed by atoms with Crippen LogP contribution in [0.25, 0.3) is 0 Å². The van der Waals surface area contributed by atoms with Crippen LogP contribution in [0.15, 0.2) is 17.0 Å². The smallest absolute Gasteiger partial charge is 0.181 e. The summed E-state index contributed by atoms with van der Waals surface area (Å²) in [5.41, 5.74) is 2.55. The number of aliphatic hydroxyl groups is 1. The summed E-state index contributed by atoms with van der Waals surface area (Å²) in [6.07, 6.45) is 0. The Kier molecular flexibility index (Phi) is 3.52. The first-order valence-electron chi connectivity index (χ1n) is 4.80. The highest BCUT2D eigenvalue weighted by Gasteiger charge is 2.18. The third-order valence-corrected chi connectivity index (χ3v) is 4.26. The fraction of sp³-hybridized carbons (Fsp3) is 0.455. The van der Waals surface area contributed by atoms with E-state index in [-0.39, 0.29) is 12.4 Å². The molecule has 15 heavy (non-hydrogen) atoms. The zero-order valence-electron chi connectivity index (χ0n) is 9.24. The molecule has 0 saturated carbocycles. The summed E-state index contributed by atoms with van der Waals surface area (Å²) in [4.78, 5) is 0.363. The molecule has 0 bridgehead atoms. The zero-order valence-corrected chi connectivity index (χ0v) is 10.1. The van der Waals surface area contributed by atoms with Gasteiger partial charge in [-0.25, -0.2) is 8.42 Å². The second-order valence-electron chi connectivity index (χ2n) is 3.77. The van der Waals surface area contributed by atoms with Crippen LogP contribution in [0.2, 0.25) is 0 Å². The Bertz CT molecular complexity index is 438. The maximum atomic E-state index is 11.8. The quantitative estimate of drug-likeness (QED) is 0.850. The topological polar surface area (TPSA) is 54.4 Å². The number of hydrogen-bond donors (Lipinski definition) is 1. The van der Waals surface area contributed by atoms with E-state index in [9.17, 15) is 8.42 Å². The monoisotopic (exact) mass is 228 g/mol. The van der Waals surface area contributed by atoms with E-state index in [1.54, 1.807) is 13.8 Å². The number of aliphatic hydroxyl groups excluding tert-OH is 1. The lowest BCUT2D eigenvalue weighted by molar-refractivity contribution is 0.319.